The van der Waals surface area contributed by atoms with Crippen LogP contribution in [0.5, 0.6) is 0 Å². The molecule has 0 bridgehead atoms. The number of benzene rings is 8. The largest absolute Gasteiger partial charge is 0.354 e. The van der Waals surface area contributed by atoms with E-state index in [0.717, 1.165) is 94.2 Å². The summed E-state index contributed by atoms with van der Waals surface area (Å²) in [7, 11) is 0. The highest BCUT2D eigenvalue weighted by Crippen LogP contribution is 2.57. The van der Waals surface area contributed by atoms with E-state index >= 15 is 0 Å². The van der Waals surface area contributed by atoms with Gasteiger partial charge in [-0.15, -0.1) is 47.0 Å². The molecule has 12 aromatic rings. The molecule has 0 aliphatic carbocycles. The van der Waals surface area contributed by atoms with Crippen molar-refractivity contribution >= 4 is 114 Å². The summed E-state index contributed by atoms with van der Waals surface area (Å²) in [6.45, 7) is 34.0. The molecule has 4 aliphatic heterocycles. The van der Waals surface area contributed by atoms with Crippen molar-refractivity contribution < 1.29 is 19.2 Å². The molecule has 536 valence electrons. The molecule has 1 N–H and O–H groups in total. The van der Waals surface area contributed by atoms with Crippen LogP contribution in [0.25, 0.3) is 88.6 Å². The molecule has 0 saturated carbocycles. The predicted molar refractivity (Wildman–Crippen MR) is 438 cm³/mol. The minimum Gasteiger partial charge on any atom is -0.354 e. The fraction of sp³-hybridized carbons (Fsp3) is 0.318. The zero-order valence-electron chi connectivity index (χ0n) is 62.0. The molecule has 16 rings (SSSR count). The highest BCUT2D eigenvalue weighted by atomic mass is 32.2. The summed E-state index contributed by atoms with van der Waals surface area (Å²) < 4.78 is 7.17. The molecule has 0 spiro atoms. The highest BCUT2D eigenvalue weighted by molar-refractivity contribution is 8.01. The van der Waals surface area contributed by atoms with E-state index in [1.54, 1.807) is 47.0 Å². The molecule has 4 amide bonds. The van der Waals surface area contributed by atoms with Gasteiger partial charge in [0.05, 0.1) is 22.8 Å². The Labute approximate surface area is 630 Å². The first kappa shape index (κ1) is 73.5. The number of H-pyrrole nitrogens is 1. The van der Waals surface area contributed by atoms with Gasteiger partial charge in [0.15, 0.2) is 0 Å². The van der Waals surface area contributed by atoms with Crippen molar-refractivity contribution in [2.75, 3.05) is 52.4 Å². The Hall–Kier alpha value is -8.80. The highest BCUT2D eigenvalue weighted by Gasteiger charge is 2.41. The van der Waals surface area contributed by atoms with Gasteiger partial charge in [0.2, 0.25) is 23.6 Å². The van der Waals surface area contributed by atoms with Gasteiger partial charge in [0.1, 0.15) is 21.0 Å². The van der Waals surface area contributed by atoms with E-state index in [9.17, 15) is 19.2 Å². The van der Waals surface area contributed by atoms with E-state index < -0.39 is 0 Å². The number of fused-ring (bicyclic) bond motifs is 20. The summed E-state index contributed by atoms with van der Waals surface area (Å²) in [6.07, 6.45) is 0. The number of hydrogen-bond donors (Lipinski definition) is 1. The second-order valence-electron chi connectivity index (χ2n) is 26.8. The van der Waals surface area contributed by atoms with E-state index in [4.69, 9.17) is 0 Å². The molecule has 0 saturated heterocycles. The Bertz CT molecular complexity index is 4980. The van der Waals surface area contributed by atoms with Gasteiger partial charge < -0.3 is 38.3 Å². The van der Waals surface area contributed by atoms with E-state index in [-0.39, 0.29) is 44.6 Å². The Morgan fingerprint density at radius 1 is 0.337 bits per heavy atom. The number of amides is 4. The number of para-hydroxylation sites is 4. The van der Waals surface area contributed by atoms with Crippen LogP contribution in [-0.2, 0) is 38.8 Å². The smallest absolute Gasteiger partial charge is 0.240 e. The van der Waals surface area contributed by atoms with E-state index in [0.29, 0.717) is 5.92 Å². The number of aromatic amines is 1. The van der Waals surface area contributed by atoms with Crippen LogP contribution in [0.3, 0.4) is 0 Å². The minimum atomic E-state index is -0.192. The lowest BCUT2D eigenvalue weighted by Crippen LogP contribution is -2.34. The van der Waals surface area contributed by atoms with Crippen molar-refractivity contribution in [3.05, 3.63) is 216 Å². The molecule has 4 unspecified atom stereocenters. The number of nitrogens with zero attached hydrogens (tertiary/aromatic N) is 7. The fourth-order valence-corrected chi connectivity index (χ4v) is 21.1. The van der Waals surface area contributed by atoms with E-state index in [2.05, 4.69) is 264 Å². The van der Waals surface area contributed by atoms with Crippen molar-refractivity contribution in [3.63, 3.8) is 0 Å². The van der Waals surface area contributed by atoms with Crippen LogP contribution < -0.4 is 0 Å². The molecule has 4 aliphatic rings. The first-order valence-electron chi connectivity index (χ1n) is 37.4. The molecular weight excluding hydrogens is 1360 g/mol. The molecule has 8 heterocycles. The Morgan fingerprint density at radius 2 is 0.606 bits per heavy atom. The SMILES string of the molecule is CCN(CC)C(=O)C1Sc2ccccc2-c2c1c1ccccc1n2[11CH2]C.CCN(CC)[11C](=O)C1Sc2ccccc2-c2[nH]c3ccccc3c21.CCN(CC)[11C](=O)C1Sc2ccccc2-c2c1c1ccccc1n2CC.CCN(CC)[11C](=O)C1Sc2ccccc2-c2c1c1ccccc1n2CC(C)C. The third-order valence-electron chi connectivity index (χ3n) is 20.8. The Balaban J connectivity index is 0.000000123. The van der Waals surface area contributed by atoms with Crippen molar-refractivity contribution in [3.8, 4) is 45.0 Å². The monoisotopic (exact) mass is 1450 g/mol. The van der Waals surface area contributed by atoms with Gasteiger partial charge in [-0.2, -0.15) is 0 Å². The quantitative estimate of drug-likeness (QED) is 0.102. The summed E-state index contributed by atoms with van der Waals surface area (Å²) in [5, 5.41) is 4.03. The number of likely N-dealkylation sites (N-methyl/N-ethyl adjacent to an activating group) is 4. The van der Waals surface area contributed by atoms with Gasteiger partial charge in [0, 0.05) is 180 Å². The summed E-state index contributed by atoms with van der Waals surface area (Å²) in [5.74, 6) is 1.38. The van der Waals surface area contributed by atoms with Crippen molar-refractivity contribution in [2.45, 2.75) is 143 Å². The second-order valence-corrected chi connectivity index (χ2v) is 31.4. The first-order valence-corrected chi connectivity index (χ1v) is 40.9. The molecular formula is C88H96N8O4S4. The molecule has 12 nitrogen and oxygen atoms in total. The fourth-order valence-electron chi connectivity index (χ4n) is 15.8. The molecule has 0 fully saturated rings. The molecule has 0 radical (unpaired) electrons. The summed E-state index contributed by atoms with van der Waals surface area (Å²) >= 11 is 6.79. The van der Waals surface area contributed by atoms with Gasteiger partial charge >= 0.3 is 0 Å². The standard InChI is InChI=1S/C24H28N2OS.2C22H24N2OS.C20H20N2OS/c1-5-25(6-2)24(27)23-21-17-11-7-9-13-19(17)26(15-16(3)4)22(21)18-12-8-10-14-20(18)28-23;2*1-4-23(5-2)22(25)21-19-15-11-7-9-13-17(15)24(6-3)20(19)16-12-8-10-14-18(16)26-21;1-3-22(4-2)20(23)19-17-13-9-5-7-11-15(13)21-18(17)14-10-6-8-12-16(14)24-19/h7-14,16,23H,5-6,15H2,1-4H3;2*7-14,21H,4-6H2,1-3H3;5-12,19,21H,3-4H2,1-2H3/i24-1;22-1;6-1;20-1. The lowest BCUT2D eigenvalue weighted by atomic mass is 9.83. The van der Waals surface area contributed by atoms with Gasteiger partial charge in [-0.1, -0.05) is 159 Å². The number of nitrogens with one attached hydrogen (secondary N) is 1. The van der Waals surface area contributed by atoms with Gasteiger partial charge in [-0.05, 0) is 124 Å². The van der Waals surface area contributed by atoms with Crippen LogP contribution >= 0.6 is 47.0 Å². The third-order valence-corrected chi connectivity index (χ3v) is 25.9. The maximum atomic E-state index is 13.5. The summed E-state index contributed by atoms with van der Waals surface area (Å²) in [6, 6.07) is 67.7. The maximum Gasteiger partial charge on any atom is 0.240 e. The minimum absolute atomic E-state index is 0.183. The Morgan fingerprint density at radius 3 is 0.942 bits per heavy atom. The van der Waals surface area contributed by atoms with E-state index in [1.165, 1.54) is 108 Å². The number of rotatable bonds is 16. The van der Waals surface area contributed by atoms with Crippen LogP contribution in [0, 0.1) is 5.92 Å². The maximum absolute atomic E-state index is 13.5. The van der Waals surface area contributed by atoms with Gasteiger partial charge in [0.25, 0.3) is 0 Å². The molecule has 4 atom stereocenters. The molecule has 104 heavy (non-hydrogen) atoms. The Kier molecular flexibility index (Phi) is 22.8. The average Bonchev–Trinajstić information content (AvgIpc) is 1.58. The van der Waals surface area contributed by atoms with Gasteiger partial charge in [-0.3, -0.25) is 19.2 Å². The number of carbonyl (C=O) groups is 4. The third kappa shape index (κ3) is 13.4. The first-order chi connectivity index (χ1) is 50.7. The van der Waals surface area contributed by atoms with Crippen LogP contribution in [0.4, 0.5) is 0 Å². The zero-order chi connectivity index (χ0) is 73.0. The summed E-state index contributed by atoms with van der Waals surface area (Å²) in [5.41, 5.74) is 19.1. The zero-order valence-corrected chi connectivity index (χ0v) is 65.3. The van der Waals surface area contributed by atoms with Crippen LogP contribution in [0.1, 0.15) is 126 Å². The number of aryl methyl sites for hydroxylation is 2. The second kappa shape index (κ2) is 32.3. The molecule has 8 aromatic carbocycles. The molecule has 16 heteroatoms. The van der Waals surface area contributed by atoms with Crippen molar-refractivity contribution in [2.24, 2.45) is 5.92 Å². The normalized spacial score (nSPS) is 15.6. The number of hydrogen-bond acceptors (Lipinski definition) is 8. The topological polar surface area (TPSA) is 112 Å². The number of aromatic nitrogens is 4. The van der Waals surface area contributed by atoms with Crippen LogP contribution in [0.15, 0.2) is 214 Å². The van der Waals surface area contributed by atoms with Crippen LogP contribution in [0.2, 0.25) is 0 Å². The number of thioether (sulfide) groups is 4. The predicted octanol–water partition coefficient (Wildman–Crippen LogP) is 21.5. The lowest BCUT2D eigenvalue weighted by molar-refractivity contribution is -0.131. The lowest BCUT2D eigenvalue weighted by Gasteiger charge is -2.30. The molecule has 4 aromatic heterocycles. The van der Waals surface area contributed by atoms with Crippen molar-refractivity contribution in [1.82, 2.24) is 38.3 Å². The summed E-state index contributed by atoms with van der Waals surface area (Å²) in [4.78, 5) is 69.5. The van der Waals surface area contributed by atoms with Crippen LogP contribution in [-0.4, -0.2) is 114 Å². The van der Waals surface area contributed by atoms with Crippen molar-refractivity contribution in [1.29, 1.82) is 0 Å². The van der Waals surface area contributed by atoms with Gasteiger partial charge in [-0.25, -0.2) is 0 Å². The number of carbonyl (C=O) groups excluding carboxylic acids is 4. The van der Waals surface area contributed by atoms with E-state index in [1.807, 2.05) is 51.6 Å². The average molecular weight is 1450 g/mol.